The molecule has 0 spiro atoms. The lowest BCUT2D eigenvalue weighted by Gasteiger charge is -2.09. The highest BCUT2D eigenvalue weighted by Gasteiger charge is 2.04. The summed E-state index contributed by atoms with van der Waals surface area (Å²) in [6.45, 7) is 0.957. The van der Waals surface area contributed by atoms with Gasteiger partial charge in [0.25, 0.3) is 5.91 Å². The number of carbonyl (C=O) groups excluding carboxylic acids is 2. The smallest absolute Gasteiger partial charge is 0.269 e. The number of hydrazine groups is 1. The van der Waals surface area contributed by atoms with Gasteiger partial charge in [0.2, 0.25) is 6.41 Å². The van der Waals surface area contributed by atoms with Gasteiger partial charge >= 0.3 is 0 Å². The van der Waals surface area contributed by atoms with Crippen LogP contribution < -0.4 is 20.3 Å². The molecule has 7 nitrogen and oxygen atoms in total. The van der Waals surface area contributed by atoms with Gasteiger partial charge in [0.15, 0.2) is 0 Å². The Bertz CT molecular complexity index is 656. The molecule has 0 fully saturated rings. The predicted molar refractivity (Wildman–Crippen MR) is 86.8 cm³/mol. The molecule has 0 aliphatic carbocycles. The fraction of sp³-hybridized carbons (Fsp3) is 0.176. The van der Waals surface area contributed by atoms with Gasteiger partial charge in [0, 0.05) is 12.0 Å². The average Bonchev–Trinajstić information content (AvgIpc) is 2.61. The lowest BCUT2D eigenvalue weighted by Crippen LogP contribution is -2.36. The summed E-state index contributed by atoms with van der Waals surface area (Å²) < 4.78 is 11.1. The van der Waals surface area contributed by atoms with E-state index in [1.807, 2.05) is 0 Å². The number of hydrogen-bond donors (Lipinski definition) is 3. The molecule has 0 saturated heterocycles. The monoisotopic (exact) mass is 330 g/mol. The van der Waals surface area contributed by atoms with Gasteiger partial charge in [0.1, 0.15) is 17.2 Å². The van der Waals surface area contributed by atoms with Crippen LogP contribution in [0, 0.1) is 0 Å². The van der Waals surface area contributed by atoms with E-state index in [0.29, 0.717) is 43.1 Å². The van der Waals surface area contributed by atoms with Crippen LogP contribution in [0.15, 0.2) is 48.5 Å². The molecule has 2 amide bonds. The number of carbonyl (C=O) groups is 2. The molecule has 0 aliphatic heterocycles. The third-order valence-corrected chi connectivity index (χ3v) is 3.02. The van der Waals surface area contributed by atoms with Crippen molar-refractivity contribution in [1.29, 1.82) is 0 Å². The summed E-state index contributed by atoms with van der Waals surface area (Å²) in [5, 5.41) is 9.17. The van der Waals surface area contributed by atoms with Crippen LogP contribution >= 0.6 is 0 Å². The second kappa shape index (κ2) is 9.04. The van der Waals surface area contributed by atoms with Crippen LogP contribution in [-0.2, 0) is 4.79 Å². The number of ether oxygens (including phenoxy) is 2. The Labute approximate surface area is 139 Å². The number of hydrogen-bond acceptors (Lipinski definition) is 5. The molecule has 7 heteroatoms. The first-order chi connectivity index (χ1) is 11.7. The minimum atomic E-state index is -0.407. The molecule has 24 heavy (non-hydrogen) atoms. The maximum absolute atomic E-state index is 11.6. The molecule has 0 aliphatic rings. The van der Waals surface area contributed by atoms with E-state index in [1.165, 1.54) is 0 Å². The number of benzene rings is 2. The maximum Gasteiger partial charge on any atom is 0.269 e. The normalized spacial score (nSPS) is 9.83. The third kappa shape index (κ3) is 5.53. The summed E-state index contributed by atoms with van der Waals surface area (Å²) in [7, 11) is 0. The zero-order valence-electron chi connectivity index (χ0n) is 12.9. The van der Waals surface area contributed by atoms with E-state index in [2.05, 4.69) is 10.9 Å². The standard InChI is InChI=1S/C17H18N2O5/c20-12-18-19-17(22)13-2-6-15(7-3-13)23-10-1-11-24-16-8-4-14(21)5-9-16/h2-9,12,21H,1,10-11H2,(H,18,20)(H,19,22). The van der Waals surface area contributed by atoms with Crippen LogP contribution in [0.1, 0.15) is 16.8 Å². The molecule has 0 atom stereocenters. The lowest BCUT2D eigenvalue weighted by atomic mass is 10.2. The van der Waals surface area contributed by atoms with Gasteiger partial charge in [-0.2, -0.15) is 0 Å². The quantitative estimate of drug-likeness (QED) is 0.369. The topological polar surface area (TPSA) is 96.9 Å². The molecule has 2 aromatic rings. The number of aromatic hydroxyl groups is 1. The van der Waals surface area contributed by atoms with Crippen LogP contribution in [0.25, 0.3) is 0 Å². The molecule has 0 radical (unpaired) electrons. The highest BCUT2D eigenvalue weighted by Crippen LogP contribution is 2.16. The number of amides is 2. The summed E-state index contributed by atoms with van der Waals surface area (Å²) in [6.07, 6.45) is 1.07. The molecule has 126 valence electrons. The maximum atomic E-state index is 11.6. The number of rotatable bonds is 9. The molecule has 0 aromatic heterocycles. The van der Waals surface area contributed by atoms with Crippen molar-refractivity contribution in [3.8, 4) is 17.2 Å². The van der Waals surface area contributed by atoms with E-state index < -0.39 is 5.91 Å². The third-order valence-electron chi connectivity index (χ3n) is 3.02. The molecule has 0 bridgehead atoms. The zero-order valence-corrected chi connectivity index (χ0v) is 12.9. The van der Waals surface area contributed by atoms with E-state index in [9.17, 15) is 9.59 Å². The van der Waals surface area contributed by atoms with Crippen LogP contribution in [0.3, 0.4) is 0 Å². The van der Waals surface area contributed by atoms with Gasteiger partial charge in [0.05, 0.1) is 13.2 Å². The lowest BCUT2D eigenvalue weighted by molar-refractivity contribution is -0.110. The molecular formula is C17H18N2O5. The van der Waals surface area contributed by atoms with E-state index in [0.717, 1.165) is 0 Å². The second-order valence-electron chi connectivity index (χ2n) is 4.79. The molecule has 0 saturated carbocycles. The van der Waals surface area contributed by atoms with E-state index in [-0.39, 0.29) is 5.75 Å². The van der Waals surface area contributed by atoms with Crippen molar-refractivity contribution in [2.24, 2.45) is 0 Å². The number of phenols is 1. The molecule has 0 unspecified atom stereocenters. The summed E-state index contributed by atoms with van der Waals surface area (Å²) in [6, 6.07) is 13.1. The Balaban J connectivity index is 1.68. The fourth-order valence-electron chi connectivity index (χ4n) is 1.85. The first kappa shape index (κ1) is 17.1. The molecule has 3 N–H and O–H groups in total. The fourth-order valence-corrected chi connectivity index (χ4v) is 1.85. The van der Waals surface area contributed by atoms with Gasteiger partial charge in [-0.3, -0.25) is 20.4 Å². The van der Waals surface area contributed by atoms with Gasteiger partial charge < -0.3 is 14.6 Å². The van der Waals surface area contributed by atoms with E-state index in [1.54, 1.807) is 48.5 Å². The summed E-state index contributed by atoms with van der Waals surface area (Å²) in [5.74, 6) is 1.12. The van der Waals surface area contributed by atoms with E-state index >= 15 is 0 Å². The van der Waals surface area contributed by atoms with Crippen LogP contribution in [0.2, 0.25) is 0 Å². The van der Waals surface area contributed by atoms with Gasteiger partial charge in [-0.1, -0.05) is 0 Å². The second-order valence-corrected chi connectivity index (χ2v) is 4.79. The van der Waals surface area contributed by atoms with Gasteiger partial charge in [-0.05, 0) is 48.5 Å². The van der Waals surface area contributed by atoms with Crippen molar-refractivity contribution < 1.29 is 24.2 Å². The largest absolute Gasteiger partial charge is 0.508 e. The summed E-state index contributed by atoms with van der Waals surface area (Å²) in [5.41, 5.74) is 4.71. The average molecular weight is 330 g/mol. The van der Waals surface area contributed by atoms with Crippen molar-refractivity contribution in [1.82, 2.24) is 10.9 Å². The molecule has 2 rings (SSSR count). The van der Waals surface area contributed by atoms with Crippen LogP contribution in [0.4, 0.5) is 0 Å². The van der Waals surface area contributed by atoms with Crippen molar-refractivity contribution in [3.05, 3.63) is 54.1 Å². The molecule has 0 heterocycles. The van der Waals surface area contributed by atoms with Crippen molar-refractivity contribution in [2.45, 2.75) is 6.42 Å². The Kier molecular flexibility index (Phi) is 6.46. The van der Waals surface area contributed by atoms with Gasteiger partial charge in [-0.15, -0.1) is 0 Å². The first-order valence-electron chi connectivity index (χ1n) is 7.33. The Morgan fingerprint density at radius 1 is 0.958 bits per heavy atom. The first-order valence-corrected chi connectivity index (χ1v) is 7.33. The van der Waals surface area contributed by atoms with Crippen LogP contribution in [-0.4, -0.2) is 30.6 Å². The Morgan fingerprint density at radius 2 is 1.50 bits per heavy atom. The van der Waals surface area contributed by atoms with Crippen LogP contribution in [0.5, 0.6) is 17.2 Å². The minimum Gasteiger partial charge on any atom is -0.508 e. The molecule has 2 aromatic carbocycles. The van der Waals surface area contributed by atoms with Crippen molar-refractivity contribution in [3.63, 3.8) is 0 Å². The van der Waals surface area contributed by atoms with E-state index in [4.69, 9.17) is 14.6 Å². The zero-order chi connectivity index (χ0) is 17.2. The SMILES string of the molecule is O=CNNC(=O)c1ccc(OCCCOc2ccc(O)cc2)cc1. The number of nitrogens with one attached hydrogen (secondary N) is 2. The summed E-state index contributed by atoms with van der Waals surface area (Å²) >= 11 is 0. The minimum absolute atomic E-state index is 0.199. The number of phenolic OH excluding ortho intramolecular Hbond substituents is 1. The Morgan fingerprint density at radius 3 is 2.04 bits per heavy atom. The highest BCUT2D eigenvalue weighted by molar-refractivity contribution is 5.94. The predicted octanol–water partition coefficient (Wildman–Crippen LogP) is 1.63. The van der Waals surface area contributed by atoms with Crippen molar-refractivity contribution >= 4 is 12.3 Å². The highest BCUT2D eigenvalue weighted by atomic mass is 16.5. The summed E-state index contributed by atoms with van der Waals surface area (Å²) in [4.78, 5) is 21.7. The molecular weight excluding hydrogens is 312 g/mol. The Hall–Kier alpha value is -3.22. The van der Waals surface area contributed by atoms with Gasteiger partial charge in [-0.25, -0.2) is 0 Å². The van der Waals surface area contributed by atoms with Crippen molar-refractivity contribution in [2.75, 3.05) is 13.2 Å².